The van der Waals surface area contributed by atoms with Gasteiger partial charge >= 0.3 is 0 Å². The fourth-order valence-electron chi connectivity index (χ4n) is 1.04. The van der Waals surface area contributed by atoms with Crippen molar-refractivity contribution < 1.29 is 4.79 Å². The predicted molar refractivity (Wildman–Crippen MR) is 61.1 cm³/mol. The number of pyridine rings is 1. The second kappa shape index (κ2) is 4.98. The van der Waals surface area contributed by atoms with Gasteiger partial charge in [-0.05, 0) is 18.1 Å². The summed E-state index contributed by atoms with van der Waals surface area (Å²) in [4.78, 5) is 15.0. The Hall–Kier alpha value is -1.29. The number of carbonyl (C=O) groups is 1. The van der Waals surface area contributed by atoms with Gasteiger partial charge in [0.05, 0.1) is 0 Å². The molecule has 0 aromatic carbocycles. The zero-order chi connectivity index (χ0) is 11.4. The van der Waals surface area contributed by atoms with E-state index >= 15 is 0 Å². The van der Waals surface area contributed by atoms with Crippen molar-refractivity contribution in [3.63, 3.8) is 0 Å². The van der Waals surface area contributed by atoms with Crippen LogP contribution in [0.1, 0.15) is 24.2 Å². The zero-order valence-corrected chi connectivity index (χ0v) is 9.51. The highest BCUT2D eigenvalue weighted by atomic mass is 35.5. The van der Waals surface area contributed by atoms with Gasteiger partial charge in [0, 0.05) is 12.1 Å². The summed E-state index contributed by atoms with van der Waals surface area (Å²) in [6, 6.07) is 3.04. The molecular weight excluding hydrogens is 214 g/mol. The van der Waals surface area contributed by atoms with E-state index in [1.165, 1.54) is 6.07 Å². The molecule has 0 spiro atoms. The van der Waals surface area contributed by atoms with Gasteiger partial charge < -0.3 is 11.1 Å². The van der Waals surface area contributed by atoms with Crippen molar-refractivity contribution >= 4 is 23.3 Å². The SMILES string of the molecule is CC(C)CNc1cc(C(N)=O)cc(Cl)n1. The van der Waals surface area contributed by atoms with Crippen molar-refractivity contribution in [2.24, 2.45) is 11.7 Å². The quantitative estimate of drug-likeness (QED) is 0.772. The number of primary amides is 1. The molecule has 5 heteroatoms. The largest absolute Gasteiger partial charge is 0.370 e. The Morgan fingerprint density at radius 1 is 1.60 bits per heavy atom. The molecule has 0 fully saturated rings. The number of hydrogen-bond donors (Lipinski definition) is 2. The second-order valence-corrected chi connectivity index (χ2v) is 4.09. The summed E-state index contributed by atoms with van der Waals surface area (Å²) in [6.45, 7) is 4.92. The Balaban J connectivity index is 2.84. The zero-order valence-electron chi connectivity index (χ0n) is 8.75. The van der Waals surface area contributed by atoms with E-state index < -0.39 is 5.91 Å². The summed E-state index contributed by atoms with van der Waals surface area (Å²) in [5, 5.41) is 3.34. The Labute approximate surface area is 93.8 Å². The first kappa shape index (κ1) is 11.8. The van der Waals surface area contributed by atoms with Crippen LogP contribution in [0.15, 0.2) is 12.1 Å². The number of nitrogens with zero attached hydrogens (tertiary/aromatic N) is 1. The predicted octanol–water partition coefficient (Wildman–Crippen LogP) is 1.90. The van der Waals surface area contributed by atoms with Gasteiger partial charge in [-0.2, -0.15) is 0 Å². The molecule has 0 saturated heterocycles. The molecule has 82 valence electrons. The van der Waals surface area contributed by atoms with Crippen LogP contribution in [-0.4, -0.2) is 17.4 Å². The molecule has 0 aliphatic heterocycles. The normalized spacial score (nSPS) is 10.4. The van der Waals surface area contributed by atoms with Crippen molar-refractivity contribution in [3.8, 4) is 0 Å². The summed E-state index contributed by atoms with van der Waals surface area (Å²) in [6.07, 6.45) is 0. The van der Waals surface area contributed by atoms with E-state index in [0.717, 1.165) is 6.54 Å². The maximum atomic E-state index is 11.0. The Kier molecular flexibility index (Phi) is 3.91. The molecular formula is C10H14ClN3O. The Morgan fingerprint density at radius 2 is 2.27 bits per heavy atom. The number of aromatic nitrogens is 1. The Bertz CT molecular complexity index is 366. The third kappa shape index (κ3) is 3.75. The number of halogens is 1. The fourth-order valence-corrected chi connectivity index (χ4v) is 1.25. The van der Waals surface area contributed by atoms with Crippen LogP contribution < -0.4 is 11.1 Å². The smallest absolute Gasteiger partial charge is 0.248 e. The maximum Gasteiger partial charge on any atom is 0.248 e. The van der Waals surface area contributed by atoms with Crippen LogP contribution in [0.25, 0.3) is 0 Å². The van der Waals surface area contributed by atoms with Gasteiger partial charge in [0.15, 0.2) is 0 Å². The van der Waals surface area contributed by atoms with E-state index in [0.29, 0.717) is 17.3 Å². The molecule has 0 aliphatic rings. The van der Waals surface area contributed by atoms with Gasteiger partial charge in [0.1, 0.15) is 11.0 Å². The molecule has 4 nitrogen and oxygen atoms in total. The average molecular weight is 228 g/mol. The van der Waals surface area contributed by atoms with Gasteiger partial charge in [-0.25, -0.2) is 4.98 Å². The summed E-state index contributed by atoms with van der Waals surface area (Å²) < 4.78 is 0. The molecule has 1 rings (SSSR count). The second-order valence-electron chi connectivity index (χ2n) is 3.70. The van der Waals surface area contributed by atoms with Gasteiger partial charge in [0.2, 0.25) is 5.91 Å². The molecule has 1 aromatic heterocycles. The number of anilines is 1. The number of nitrogens with two attached hydrogens (primary N) is 1. The van der Waals surface area contributed by atoms with Crippen LogP contribution in [0.5, 0.6) is 0 Å². The van der Waals surface area contributed by atoms with E-state index in [2.05, 4.69) is 24.1 Å². The van der Waals surface area contributed by atoms with Crippen LogP contribution in [-0.2, 0) is 0 Å². The molecule has 0 saturated carbocycles. The number of carbonyl (C=O) groups excluding carboxylic acids is 1. The molecule has 1 aromatic rings. The lowest BCUT2D eigenvalue weighted by Crippen LogP contribution is -2.14. The molecule has 0 atom stereocenters. The van der Waals surface area contributed by atoms with Crippen LogP contribution in [0, 0.1) is 5.92 Å². The van der Waals surface area contributed by atoms with E-state index in [1.54, 1.807) is 6.07 Å². The third-order valence-electron chi connectivity index (χ3n) is 1.77. The first-order valence-electron chi connectivity index (χ1n) is 4.70. The van der Waals surface area contributed by atoms with Crippen LogP contribution in [0.3, 0.4) is 0 Å². The first-order chi connectivity index (χ1) is 6.99. The standard InChI is InChI=1S/C10H14ClN3O/c1-6(2)5-13-9-4-7(10(12)15)3-8(11)14-9/h3-4,6H,5H2,1-2H3,(H2,12,15)(H,13,14). The number of rotatable bonds is 4. The van der Waals surface area contributed by atoms with Crippen molar-refractivity contribution in [1.82, 2.24) is 4.98 Å². The number of amides is 1. The summed E-state index contributed by atoms with van der Waals surface area (Å²) in [5.41, 5.74) is 5.52. The maximum absolute atomic E-state index is 11.0. The van der Waals surface area contributed by atoms with Crippen LogP contribution >= 0.6 is 11.6 Å². The molecule has 0 unspecified atom stereocenters. The molecule has 3 N–H and O–H groups in total. The van der Waals surface area contributed by atoms with Crippen LogP contribution in [0.4, 0.5) is 5.82 Å². The Morgan fingerprint density at radius 3 is 2.80 bits per heavy atom. The van der Waals surface area contributed by atoms with Gasteiger partial charge in [-0.15, -0.1) is 0 Å². The fraction of sp³-hybridized carbons (Fsp3) is 0.400. The van der Waals surface area contributed by atoms with Crippen molar-refractivity contribution in [2.45, 2.75) is 13.8 Å². The lowest BCUT2D eigenvalue weighted by molar-refractivity contribution is 0.1000. The topological polar surface area (TPSA) is 68.0 Å². The molecule has 1 amide bonds. The van der Waals surface area contributed by atoms with E-state index in [4.69, 9.17) is 17.3 Å². The summed E-state index contributed by atoms with van der Waals surface area (Å²) >= 11 is 5.75. The highest BCUT2D eigenvalue weighted by Gasteiger charge is 2.05. The van der Waals surface area contributed by atoms with Gasteiger partial charge in [0.25, 0.3) is 0 Å². The van der Waals surface area contributed by atoms with E-state index in [1.807, 2.05) is 0 Å². The minimum Gasteiger partial charge on any atom is -0.370 e. The molecule has 0 bridgehead atoms. The monoisotopic (exact) mass is 227 g/mol. The summed E-state index contributed by atoms with van der Waals surface area (Å²) in [5.74, 6) is 0.555. The molecule has 15 heavy (non-hydrogen) atoms. The van der Waals surface area contributed by atoms with E-state index in [9.17, 15) is 4.79 Å². The molecule has 1 heterocycles. The van der Waals surface area contributed by atoms with Crippen molar-refractivity contribution in [3.05, 3.63) is 22.8 Å². The first-order valence-corrected chi connectivity index (χ1v) is 5.08. The minimum atomic E-state index is -0.508. The third-order valence-corrected chi connectivity index (χ3v) is 1.96. The van der Waals surface area contributed by atoms with Gasteiger partial charge in [-0.3, -0.25) is 4.79 Å². The molecule has 0 aliphatic carbocycles. The van der Waals surface area contributed by atoms with Crippen molar-refractivity contribution in [1.29, 1.82) is 0 Å². The highest BCUT2D eigenvalue weighted by molar-refractivity contribution is 6.29. The van der Waals surface area contributed by atoms with Crippen LogP contribution in [0.2, 0.25) is 5.15 Å². The van der Waals surface area contributed by atoms with E-state index in [-0.39, 0.29) is 5.15 Å². The average Bonchev–Trinajstić information content (AvgIpc) is 2.13. The highest BCUT2D eigenvalue weighted by Crippen LogP contribution is 2.14. The minimum absolute atomic E-state index is 0.262. The summed E-state index contributed by atoms with van der Waals surface area (Å²) in [7, 11) is 0. The molecule has 0 radical (unpaired) electrons. The van der Waals surface area contributed by atoms with Gasteiger partial charge in [-0.1, -0.05) is 25.4 Å². The number of nitrogens with one attached hydrogen (secondary N) is 1. The number of hydrogen-bond acceptors (Lipinski definition) is 3. The van der Waals surface area contributed by atoms with Crippen molar-refractivity contribution in [2.75, 3.05) is 11.9 Å². The lowest BCUT2D eigenvalue weighted by atomic mass is 10.2. The lowest BCUT2D eigenvalue weighted by Gasteiger charge is -2.09.